The van der Waals surface area contributed by atoms with E-state index in [0.717, 1.165) is 36.9 Å². The van der Waals surface area contributed by atoms with Gasteiger partial charge in [-0.2, -0.15) is 0 Å². The molecule has 106 valence electrons. The van der Waals surface area contributed by atoms with E-state index in [-0.39, 0.29) is 0 Å². The third-order valence-corrected chi connectivity index (χ3v) is 4.73. The molecular formula is C16H31NO. The van der Waals surface area contributed by atoms with Crippen molar-refractivity contribution in [1.82, 2.24) is 5.32 Å². The van der Waals surface area contributed by atoms with Crippen molar-refractivity contribution in [2.75, 3.05) is 26.3 Å². The van der Waals surface area contributed by atoms with E-state index in [4.69, 9.17) is 4.74 Å². The van der Waals surface area contributed by atoms with Gasteiger partial charge in [0.25, 0.3) is 0 Å². The molecule has 2 fully saturated rings. The minimum Gasteiger partial charge on any atom is -0.381 e. The summed E-state index contributed by atoms with van der Waals surface area (Å²) >= 11 is 0. The molecule has 2 rings (SSSR count). The average Bonchev–Trinajstić information content (AvgIpc) is 2.40. The number of hydrogen-bond acceptors (Lipinski definition) is 2. The molecule has 0 spiro atoms. The monoisotopic (exact) mass is 253 g/mol. The second kappa shape index (κ2) is 7.49. The van der Waals surface area contributed by atoms with E-state index in [9.17, 15) is 0 Å². The van der Waals surface area contributed by atoms with Gasteiger partial charge in [-0.05, 0) is 62.4 Å². The predicted octanol–water partition coefficient (Wildman–Crippen LogP) is 3.47. The van der Waals surface area contributed by atoms with Gasteiger partial charge in [0, 0.05) is 13.2 Å². The summed E-state index contributed by atoms with van der Waals surface area (Å²) < 4.78 is 5.71. The van der Waals surface area contributed by atoms with Crippen LogP contribution in [-0.2, 0) is 4.74 Å². The lowest BCUT2D eigenvalue weighted by Gasteiger charge is -2.39. The van der Waals surface area contributed by atoms with Crippen LogP contribution in [0.15, 0.2) is 0 Å². The first-order valence-corrected chi connectivity index (χ1v) is 8.06. The molecule has 0 aromatic rings. The fourth-order valence-electron chi connectivity index (χ4n) is 3.77. The van der Waals surface area contributed by atoms with E-state index >= 15 is 0 Å². The van der Waals surface area contributed by atoms with Gasteiger partial charge in [0.15, 0.2) is 0 Å². The van der Waals surface area contributed by atoms with Crippen molar-refractivity contribution >= 4 is 0 Å². The van der Waals surface area contributed by atoms with Gasteiger partial charge < -0.3 is 10.1 Å². The van der Waals surface area contributed by atoms with Gasteiger partial charge in [-0.3, -0.25) is 0 Å². The Balaban J connectivity index is 1.80. The van der Waals surface area contributed by atoms with Crippen molar-refractivity contribution in [1.29, 1.82) is 0 Å². The molecule has 0 bridgehead atoms. The molecule has 2 heteroatoms. The second-order valence-corrected chi connectivity index (χ2v) is 6.74. The van der Waals surface area contributed by atoms with Crippen LogP contribution in [0.25, 0.3) is 0 Å². The highest BCUT2D eigenvalue weighted by molar-refractivity contribution is 4.83. The van der Waals surface area contributed by atoms with Gasteiger partial charge in [0.2, 0.25) is 0 Å². The summed E-state index contributed by atoms with van der Waals surface area (Å²) in [7, 11) is 0. The first-order chi connectivity index (χ1) is 8.77. The standard InChI is InChI=1S/C16H31NO/c1-13(2)10-17-11-14-6-3-4-8-16(14)15-7-5-9-18-12-15/h13-17H,3-12H2,1-2H3. The molecule has 1 aliphatic heterocycles. The molecule has 2 nitrogen and oxygen atoms in total. The minimum atomic E-state index is 0.769. The van der Waals surface area contributed by atoms with Crippen molar-refractivity contribution in [3.63, 3.8) is 0 Å². The molecule has 18 heavy (non-hydrogen) atoms. The first kappa shape index (κ1) is 14.3. The Bertz CT molecular complexity index is 223. The van der Waals surface area contributed by atoms with E-state index in [2.05, 4.69) is 19.2 Å². The molecule has 1 saturated carbocycles. The molecule has 3 unspecified atom stereocenters. The van der Waals surface area contributed by atoms with Crippen molar-refractivity contribution in [2.45, 2.75) is 52.4 Å². The Labute approximate surface area is 113 Å². The Kier molecular flexibility index (Phi) is 5.97. The molecule has 3 atom stereocenters. The lowest BCUT2D eigenvalue weighted by atomic mass is 9.71. The SMILES string of the molecule is CC(C)CNCC1CCCCC1C1CCCOC1. The minimum absolute atomic E-state index is 0.769. The largest absolute Gasteiger partial charge is 0.381 e. The summed E-state index contributed by atoms with van der Waals surface area (Å²) in [6, 6.07) is 0. The van der Waals surface area contributed by atoms with Crippen LogP contribution < -0.4 is 5.32 Å². The van der Waals surface area contributed by atoms with Crippen molar-refractivity contribution < 1.29 is 4.74 Å². The highest BCUT2D eigenvalue weighted by atomic mass is 16.5. The maximum Gasteiger partial charge on any atom is 0.0497 e. The number of ether oxygens (including phenoxy) is 1. The lowest BCUT2D eigenvalue weighted by Crippen LogP contribution is -2.38. The van der Waals surface area contributed by atoms with Crippen molar-refractivity contribution in [2.24, 2.45) is 23.7 Å². The Morgan fingerprint density at radius 1 is 1.11 bits per heavy atom. The van der Waals surface area contributed by atoms with Crippen LogP contribution in [0.4, 0.5) is 0 Å². The zero-order chi connectivity index (χ0) is 12.8. The smallest absolute Gasteiger partial charge is 0.0497 e. The Hall–Kier alpha value is -0.0800. The van der Waals surface area contributed by atoms with Crippen LogP contribution in [0.5, 0.6) is 0 Å². The summed E-state index contributed by atoms with van der Waals surface area (Å²) in [6.07, 6.45) is 8.47. The fraction of sp³-hybridized carbons (Fsp3) is 1.00. The van der Waals surface area contributed by atoms with Gasteiger partial charge in [-0.1, -0.05) is 26.7 Å². The summed E-state index contributed by atoms with van der Waals surface area (Å²) in [5.74, 6) is 3.46. The fourth-order valence-corrected chi connectivity index (χ4v) is 3.77. The van der Waals surface area contributed by atoms with Crippen LogP contribution in [0, 0.1) is 23.7 Å². The van der Waals surface area contributed by atoms with Gasteiger partial charge in [-0.25, -0.2) is 0 Å². The third kappa shape index (κ3) is 4.24. The number of rotatable bonds is 5. The van der Waals surface area contributed by atoms with E-state index in [1.807, 2.05) is 0 Å². The maximum atomic E-state index is 5.71. The predicted molar refractivity (Wildman–Crippen MR) is 76.7 cm³/mol. The average molecular weight is 253 g/mol. The van der Waals surface area contributed by atoms with E-state index in [1.165, 1.54) is 51.6 Å². The van der Waals surface area contributed by atoms with Crippen LogP contribution >= 0.6 is 0 Å². The Morgan fingerprint density at radius 2 is 1.94 bits per heavy atom. The van der Waals surface area contributed by atoms with E-state index in [1.54, 1.807) is 0 Å². The molecule has 1 heterocycles. The van der Waals surface area contributed by atoms with Crippen LogP contribution in [0.2, 0.25) is 0 Å². The summed E-state index contributed by atoms with van der Waals surface area (Å²) in [5, 5.41) is 3.68. The number of nitrogens with one attached hydrogen (secondary N) is 1. The molecule has 0 amide bonds. The maximum absolute atomic E-state index is 5.71. The molecule has 0 radical (unpaired) electrons. The van der Waals surface area contributed by atoms with Crippen LogP contribution in [0.3, 0.4) is 0 Å². The molecule has 1 aliphatic carbocycles. The molecular weight excluding hydrogens is 222 g/mol. The zero-order valence-corrected chi connectivity index (χ0v) is 12.3. The van der Waals surface area contributed by atoms with Crippen LogP contribution in [-0.4, -0.2) is 26.3 Å². The quantitative estimate of drug-likeness (QED) is 0.810. The molecule has 0 aromatic heterocycles. The highest BCUT2D eigenvalue weighted by Gasteiger charge is 2.32. The van der Waals surface area contributed by atoms with Crippen LogP contribution in [0.1, 0.15) is 52.4 Å². The van der Waals surface area contributed by atoms with Gasteiger partial charge in [-0.15, -0.1) is 0 Å². The Morgan fingerprint density at radius 3 is 2.67 bits per heavy atom. The summed E-state index contributed by atoms with van der Waals surface area (Å²) in [5.41, 5.74) is 0. The van der Waals surface area contributed by atoms with Gasteiger partial charge in [0.05, 0.1) is 0 Å². The second-order valence-electron chi connectivity index (χ2n) is 6.74. The van der Waals surface area contributed by atoms with Gasteiger partial charge >= 0.3 is 0 Å². The van der Waals surface area contributed by atoms with Crippen molar-refractivity contribution in [3.8, 4) is 0 Å². The highest BCUT2D eigenvalue weighted by Crippen LogP contribution is 2.38. The molecule has 0 aromatic carbocycles. The molecule has 1 N–H and O–H groups in total. The topological polar surface area (TPSA) is 21.3 Å². The van der Waals surface area contributed by atoms with E-state index in [0.29, 0.717) is 0 Å². The summed E-state index contributed by atoms with van der Waals surface area (Å²) in [6.45, 7) is 9.02. The normalized spacial score (nSPS) is 33.8. The summed E-state index contributed by atoms with van der Waals surface area (Å²) in [4.78, 5) is 0. The first-order valence-electron chi connectivity index (χ1n) is 8.06. The lowest BCUT2D eigenvalue weighted by molar-refractivity contribution is 0.00567. The molecule has 2 aliphatic rings. The molecule has 1 saturated heterocycles. The van der Waals surface area contributed by atoms with Crippen molar-refractivity contribution in [3.05, 3.63) is 0 Å². The zero-order valence-electron chi connectivity index (χ0n) is 12.3. The number of hydrogen-bond donors (Lipinski definition) is 1. The van der Waals surface area contributed by atoms with Gasteiger partial charge in [0.1, 0.15) is 0 Å². The third-order valence-electron chi connectivity index (χ3n) is 4.73. The van der Waals surface area contributed by atoms with E-state index < -0.39 is 0 Å².